The molecule has 2 fully saturated rings. The lowest BCUT2D eigenvalue weighted by Gasteiger charge is -2.32. The summed E-state index contributed by atoms with van der Waals surface area (Å²) in [4.78, 5) is 12.7. The first kappa shape index (κ1) is 14.0. The number of alkyl halides is 3. The van der Waals surface area contributed by atoms with E-state index in [2.05, 4.69) is 5.32 Å². The van der Waals surface area contributed by atoms with Gasteiger partial charge in [0.2, 0.25) is 5.91 Å². The van der Waals surface area contributed by atoms with Gasteiger partial charge in [-0.25, -0.2) is 0 Å². The van der Waals surface area contributed by atoms with Gasteiger partial charge in [-0.1, -0.05) is 0 Å². The van der Waals surface area contributed by atoms with Crippen molar-refractivity contribution in [3.63, 3.8) is 0 Å². The molecule has 104 valence electrons. The Bertz CT molecular complexity index is 305. The van der Waals surface area contributed by atoms with Crippen LogP contribution in [0.3, 0.4) is 0 Å². The van der Waals surface area contributed by atoms with Crippen LogP contribution in [-0.2, 0) is 4.79 Å². The van der Waals surface area contributed by atoms with Crippen molar-refractivity contribution in [2.75, 3.05) is 31.1 Å². The third-order valence-electron chi connectivity index (χ3n) is 3.45. The quantitative estimate of drug-likeness (QED) is 0.833. The summed E-state index contributed by atoms with van der Waals surface area (Å²) in [7, 11) is 0. The molecule has 0 saturated carbocycles. The average molecular weight is 282 g/mol. The maximum Gasteiger partial charge on any atom is 0.405 e. The predicted octanol–water partition coefficient (Wildman–Crippen LogP) is 1.49. The molecule has 0 aromatic rings. The summed E-state index contributed by atoms with van der Waals surface area (Å²) < 4.78 is 38.9. The molecule has 1 amide bonds. The van der Waals surface area contributed by atoms with Crippen LogP contribution in [0.2, 0.25) is 0 Å². The van der Waals surface area contributed by atoms with E-state index in [1.54, 1.807) is 11.8 Å². The molecule has 2 heterocycles. The minimum absolute atomic E-state index is 0.159. The van der Waals surface area contributed by atoms with Crippen molar-refractivity contribution >= 4 is 17.7 Å². The molecule has 0 bridgehead atoms. The number of halogens is 3. The second-order valence-corrected chi connectivity index (χ2v) is 5.99. The lowest BCUT2D eigenvalue weighted by molar-refractivity contribution is -0.182. The Labute approximate surface area is 108 Å². The second-order valence-electron chi connectivity index (χ2n) is 4.84. The van der Waals surface area contributed by atoms with Crippen LogP contribution in [0.25, 0.3) is 0 Å². The average Bonchev–Trinajstić information content (AvgIpc) is 2.69. The molecule has 7 heteroatoms. The van der Waals surface area contributed by atoms with Gasteiger partial charge in [-0.2, -0.15) is 24.9 Å². The third kappa shape index (κ3) is 3.54. The van der Waals surface area contributed by atoms with Crippen molar-refractivity contribution in [2.24, 2.45) is 5.92 Å². The van der Waals surface area contributed by atoms with Crippen molar-refractivity contribution in [1.82, 2.24) is 10.2 Å². The molecule has 0 radical (unpaired) electrons. The second kappa shape index (κ2) is 5.69. The SMILES string of the molecule is O=C1CCN(CC2CCSC2)C(C(F)(F)F)CN1. The zero-order valence-corrected chi connectivity index (χ0v) is 10.8. The molecule has 2 atom stereocenters. The van der Waals surface area contributed by atoms with E-state index in [4.69, 9.17) is 0 Å². The molecule has 1 N–H and O–H groups in total. The van der Waals surface area contributed by atoms with Crippen molar-refractivity contribution in [3.8, 4) is 0 Å². The smallest absolute Gasteiger partial charge is 0.354 e. The number of hydrogen-bond donors (Lipinski definition) is 1. The molecule has 2 saturated heterocycles. The zero-order chi connectivity index (χ0) is 13.2. The van der Waals surface area contributed by atoms with E-state index in [-0.39, 0.29) is 25.4 Å². The normalized spacial score (nSPS) is 31.2. The van der Waals surface area contributed by atoms with Crippen LogP contribution in [0.4, 0.5) is 13.2 Å². The molecule has 2 unspecified atom stereocenters. The molecule has 0 aliphatic carbocycles. The maximum absolute atomic E-state index is 13.0. The fourth-order valence-corrected chi connectivity index (χ4v) is 3.70. The molecule has 0 aromatic carbocycles. The fraction of sp³-hybridized carbons (Fsp3) is 0.909. The summed E-state index contributed by atoms with van der Waals surface area (Å²) in [5, 5.41) is 2.35. The van der Waals surface area contributed by atoms with Gasteiger partial charge < -0.3 is 5.32 Å². The number of thioether (sulfide) groups is 1. The Kier molecular flexibility index (Phi) is 4.42. The van der Waals surface area contributed by atoms with Crippen LogP contribution >= 0.6 is 11.8 Å². The number of nitrogens with zero attached hydrogens (tertiary/aromatic N) is 1. The van der Waals surface area contributed by atoms with Crippen LogP contribution in [0.1, 0.15) is 12.8 Å². The largest absolute Gasteiger partial charge is 0.405 e. The molecule has 2 aliphatic heterocycles. The predicted molar refractivity (Wildman–Crippen MR) is 64.5 cm³/mol. The van der Waals surface area contributed by atoms with Gasteiger partial charge >= 0.3 is 6.18 Å². The molecule has 2 aliphatic rings. The Morgan fingerprint density at radius 1 is 1.44 bits per heavy atom. The number of hydrogen-bond acceptors (Lipinski definition) is 3. The summed E-state index contributed by atoms with van der Waals surface area (Å²) in [5.41, 5.74) is 0. The lowest BCUT2D eigenvalue weighted by atomic mass is 10.1. The Morgan fingerprint density at radius 3 is 2.83 bits per heavy atom. The van der Waals surface area contributed by atoms with Crippen LogP contribution in [-0.4, -0.2) is 54.2 Å². The lowest BCUT2D eigenvalue weighted by Crippen LogP contribution is -2.51. The van der Waals surface area contributed by atoms with Crippen LogP contribution < -0.4 is 5.32 Å². The highest BCUT2D eigenvalue weighted by Gasteiger charge is 2.45. The first-order valence-electron chi connectivity index (χ1n) is 6.12. The van der Waals surface area contributed by atoms with Crippen molar-refractivity contribution in [2.45, 2.75) is 25.1 Å². The summed E-state index contributed by atoms with van der Waals surface area (Å²) in [5.74, 6) is 2.01. The van der Waals surface area contributed by atoms with E-state index in [1.165, 1.54) is 4.90 Å². The number of amides is 1. The van der Waals surface area contributed by atoms with Gasteiger partial charge in [0.25, 0.3) is 0 Å². The van der Waals surface area contributed by atoms with E-state index in [9.17, 15) is 18.0 Å². The highest BCUT2D eigenvalue weighted by atomic mass is 32.2. The van der Waals surface area contributed by atoms with E-state index in [0.29, 0.717) is 12.5 Å². The molecule has 0 aromatic heterocycles. The van der Waals surface area contributed by atoms with E-state index >= 15 is 0 Å². The molecule has 0 spiro atoms. The Balaban J connectivity index is 2.03. The third-order valence-corrected chi connectivity index (χ3v) is 4.69. The van der Waals surface area contributed by atoms with Gasteiger partial charge in [-0.15, -0.1) is 0 Å². The molecule has 18 heavy (non-hydrogen) atoms. The number of carbonyl (C=O) groups is 1. The van der Waals surface area contributed by atoms with E-state index < -0.39 is 12.2 Å². The van der Waals surface area contributed by atoms with Crippen molar-refractivity contribution in [1.29, 1.82) is 0 Å². The maximum atomic E-state index is 13.0. The van der Waals surface area contributed by atoms with E-state index in [1.807, 2.05) is 0 Å². The van der Waals surface area contributed by atoms with Gasteiger partial charge in [0, 0.05) is 26.1 Å². The first-order chi connectivity index (χ1) is 8.47. The van der Waals surface area contributed by atoms with Crippen molar-refractivity contribution in [3.05, 3.63) is 0 Å². The van der Waals surface area contributed by atoms with E-state index in [0.717, 1.165) is 17.9 Å². The number of rotatable bonds is 2. The van der Waals surface area contributed by atoms with Crippen molar-refractivity contribution < 1.29 is 18.0 Å². The Hall–Kier alpha value is -0.430. The standard InChI is InChI=1S/C11H17F3N2OS/c12-11(13,14)9-5-15-10(17)1-3-16(9)6-8-2-4-18-7-8/h8-9H,1-7H2,(H,15,17). The van der Waals surface area contributed by atoms with Crippen LogP contribution in [0, 0.1) is 5.92 Å². The van der Waals surface area contributed by atoms with Crippen LogP contribution in [0.15, 0.2) is 0 Å². The summed E-state index contributed by atoms with van der Waals surface area (Å²) in [6.07, 6.45) is -3.14. The first-order valence-corrected chi connectivity index (χ1v) is 7.27. The van der Waals surface area contributed by atoms with Gasteiger partial charge in [-0.05, 0) is 23.8 Å². The summed E-state index contributed by atoms with van der Waals surface area (Å²) >= 11 is 1.79. The molecular formula is C11H17F3N2OS. The minimum Gasteiger partial charge on any atom is -0.354 e. The fourth-order valence-electron chi connectivity index (χ4n) is 2.43. The summed E-state index contributed by atoms with van der Waals surface area (Å²) in [6.45, 7) is 0.339. The van der Waals surface area contributed by atoms with Gasteiger partial charge in [0.05, 0.1) is 0 Å². The van der Waals surface area contributed by atoms with Gasteiger partial charge in [0.15, 0.2) is 0 Å². The molecule has 3 nitrogen and oxygen atoms in total. The topological polar surface area (TPSA) is 32.3 Å². The molecular weight excluding hydrogens is 265 g/mol. The summed E-state index contributed by atoms with van der Waals surface area (Å²) in [6, 6.07) is -1.53. The van der Waals surface area contributed by atoms with Gasteiger partial charge in [-0.3, -0.25) is 9.69 Å². The van der Waals surface area contributed by atoms with Gasteiger partial charge in [0.1, 0.15) is 6.04 Å². The minimum atomic E-state index is -4.27. The number of carbonyl (C=O) groups excluding carboxylic acids is 1. The highest BCUT2D eigenvalue weighted by Crippen LogP contribution is 2.29. The molecule has 2 rings (SSSR count). The monoisotopic (exact) mass is 282 g/mol. The highest BCUT2D eigenvalue weighted by molar-refractivity contribution is 7.99. The zero-order valence-electron chi connectivity index (χ0n) is 10.0. The Morgan fingerprint density at radius 2 is 2.22 bits per heavy atom. The number of nitrogens with one attached hydrogen (secondary N) is 1. The van der Waals surface area contributed by atoms with Crippen LogP contribution in [0.5, 0.6) is 0 Å².